The summed E-state index contributed by atoms with van der Waals surface area (Å²) in [5.41, 5.74) is 0.207. The van der Waals surface area contributed by atoms with Gasteiger partial charge in [0.1, 0.15) is 17.2 Å². The molecule has 1 fully saturated rings. The minimum atomic E-state index is -4.73. The summed E-state index contributed by atoms with van der Waals surface area (Å²) in [6.07, 6.45) is -2.34. The van der Waals surface area contributed by atoms with Crippen LogP contribution in [0.15, 0.2) is 63.5 Å². The molecule has 0 aliphatic heterocycles. The second kappa shape index (κ2) is 13.4. The van der Waals surface area contributed by atoms with Gasteiger partial charge in [-0.05, 0) is 72.9 Å². The molecule has 1 aliphatic carbocycles. The molecule has 1 saturated carbocycles. The monoisotopic (exact) mass is 709 g/mol. The topological polar surface area (TPSA) is 146 Å². The molecule has 17 heteroatoms. The number of nitrogens with zero attached hydrogens (tertiary/aromatic N) is 2. The Bertz CT molecular complexity index is 1830. The molecule has 228 valence electrons. The zero-order chi connectivity index (χ0) is 31.9. The minimum Gasteiger partial charge on any atom is -0.455 e. The second-order valence-electron chi connectivity index (χ2n) is 9.49. The maximum atomic E-state index is 13.7. The zero-order valence-corrected chi connectivity index (χ0v) is 27.6. The van der Waals surface area contributed by atoms with Crippen LogP contribution in [-0.2, 0) is 16.2 Å². The molecule has 1 heterocycles. The van der Waals surface area contributed by atoms with Crippen LogP contribution in [-0.4, -0.2) is 32.7 Å². The molecule has 10 nitrogen and oxygen atoms in total. The first-order valence-corrected chi connectivity index (χ1v) is 14.9. The standard InChI is InChI=1S/C27H21BrF4N2O4S.NO3.Na/c1-33-26(35)24-19-12-18(14-3-4-14)22(13-23(19)38-25(24)15-5-7-16(29)8-6-15)34(39(2,36)37)17-9-10-21(28)20(11-17)27(30,31)32;2-1(3)4;/h5-14H,3-4H2,1-2H3,(H,33,35);;/q;-1;+1. The Hall–Kier alpha value is -3.18. The summed E-state index contributed by atoms with van der Waals surface area (Å²) in [7, 11) is -2.69. The molecule has 4 aromatic rings. The Morgan fingerprint density at radius 3 is 2.18 bits per heavy atom. The van der Waals surface area contributed by atoms with Crippen molar-refractivity contribution in [2.24, 2.45) is 0 Å². The van der Waals surface area contributed by atoms with Crippen molar-refractivity contribution < 1.29 is 69.8 Å². The van der Waals surface area contributed by atoms with Crippen molar-refractivity contribution in [3.8, 4) is 11.3 Å². The molecule has 0 radical (unpaired) electrons. The summed E-state index contributed by atoms with van der Waals surface area (Å²) in [4.78, 5) is 21.2. The van der Waals surface area contributed by atoms with Gasteiger partial charge in [0, 0.05) is 28.5 Å². The molecule has 1 aromatic heterocycles. The predicted octanol–water partition coefficient (Wildman–Crippen LogP) is 4.12. The zero-order valence-electron chi connectivity index (χ0n) is 23.2. The number of hydrogen-bond donors (Lipinski definition) is 1. The van der Waals surface area contributed by atoms with Gasteiger partial charge in [-0.25, -0.2) is 17.1 Å². The molecule has 0 spiro atoms. The summed E-state index contributed by atoms with van der Waals surface area (Å²) >= 11 is 2.90. The maximum absolute atomic E-state index is 13.7. The first kappa shape index (κ1) is 35.3. The fourth-order valence-corrected chi connectivity index (χ4v) is 6.05. The Labute approximate surface area is 278 Å². The average molecular weight is 710 g/mol. The van der Waals surface area contributed by atoms with Crippen LogP contribution in [0.2, 0.25) is 0 Å². The summed E-state index contributed by atoms with van der Waals surface area (Å²) in [6.45, 7) is 0. The molecule has 5 rings (SSSR count). The SMILES string of the molecule is CNC(=O)c1c(-c2ccc(F)cc2)oc2cc(N(c3ccc(Br)c(C(F)(F)F)c3)S(C)(=O)=O)c(C3CC3)cc12.O=[N+]([O-])[O-].[Na+]. The predicted molar refractivity (Wildman–Crippen MR) is 153 cm³/mol. The van der Waals surface area contributed by atoms with Gasteiger partial charge in [0.05, 0.1) is 33.8 Å². The number of carbonyl (C=O) groups excluding carboxylic acids is 1. The maximum Gasteiger partial charge on any atom is 1.00 e. The molecule has 0 unspecified atom stereocenters. The third-order valence-corrected chi connectivity index (χ3v) is 8.22. The number of carbonyl (C=O) groups is 1. The van der Waals surface area contributed by atoms with E-state index in [-0.39, 0.29) is 68.2 Å². The number of benzene rings is 3. The molecule has 0 bridgehead atoms. The number of hydrogen-bond acceptors (Lipinski definition) is 7. The second-order valence-corrected chi connectivity index (χ2v) is 12.2. The van der Waals surface area contributed by atoms with Crippen molar-refractivity contribution in [2.75, 3.05) is 17.6 Å². The molecule has 1 amide bonds. The van der Waals surface area contributed by atoms with Gasteiger partial charge in [-0.1, -0.05) is 15.9 Å². The smallest absolute Gasteiger partial charge is 0.455 e. The van der Waals surface area contributed by atoms with Crippen LogP contribution in [0.1, 0.15) is 40.2 Å². The first-order valence-electron chi connectivity index (χ1n) is 12.3. The van der Waals surface area contributed by atoms with Crippen LogP contribution >= 0.6 is 15.9 Å². The quantitative estimate of drug-likeness (QED) is 0.137. The van der Waals surface area contributed by atoms with Gasteiger partial charge in [-0.2, -0.15) is 13.2 Å². The van der Waals surface area contributed by atoms with Gasteiger partial charge in [-0.15, -0.1) is 0 Å². The summed E-state index contributed by atoms with van der Waals surface area (Å²) < 4.78 is 87.5. The Morgan fingerprint density at radius 1 is 1.09 bits per heavy atom. The number of anilines is 2. The Kier molecular flexibility index (Phi) is 10.8. The van der Waals surface area contributed by atoms with E-state index in [0.29, 0.717) is 16.5 Å². The molecule has 1 aliphatic rings. The van der Waals surface area contributed by atoms with E-state index in [9.17, 15) is 30.8 Å². The van der Waals surface area contributed by atoms with E-state index in [2.05, 4.69) is 21.2 Å². The van der Waals surface area contributed by atoms with Crippen LogP contribution in [0, 0.1) is 21.1 Å². The number of amides is 1. The van der Waals surface area contributed by atoms with Crippen LogP contribution in [0.25, 0.3) is 22.3 Å². The third-order valence-electron chi connectivity index (χ3n) is 6.46. The van der Waals surface area contributed by atoms with E-state index in [1.807, 2.05) is 0 Å². The van der Waals surface area contributed by atoms with E-state index < -0.39 is 38.6 Å². The van der Waals surface area contributed by atoms with Crippen molar-refractivity contribution in [1.29, 1.82) is 0 Å². The van der Waals surface area contributed by atoms with Crippen molar-refractivity contribution in [1.82, 2.24) is 5.32 Å². The number of rotatable bonds is 6. The molecule has 0 saturated heterocycles. The van der Waals surface area contributed by atoms with Crippen molar-refractivity contribution in [3.63, 3.8) is 0 Å². The Morgan fingerprint density at radius 2 is 1.68 bits per heavy atom. The number of nitrogens with one attached hydrogen (secondary N) is 1. The normalized spacial score (nSPS) is 13.0. The molecule has 3 aromatic carbocycles. The van der Waals surface area contributed by atoms with Crippen molar-refractivity contribution in [2.45, 2.75) is 24.9 Å². The van der Waals surface area contributed by atoms with Crippen LogP contribution in [0.5, 0.6) is 0 Å². The third kappa shape index (κ3) is 7.72. The van der Waals surface area contributed by atoms with E-state index in [1.165, 1.54) is 43.4 Å². The minimum absolute atomic E-state index is 0. The summed E-state index contributed by atoms with van der Waals surface area (Å²) in [6, 6.07) is 11.6. The van der Waals surface area contributed by atoms with Crippen molar-refractivity contribution >= 4 is 54.2 Å². The van der Waals surface area contributed by atoms with E-state index >= 15 is 0 Å². The number of alkyl halides is 3. The first-order chi connectivity index (χ1) is 20.0. The molecular weight excluding hydrogens is 689 g/mol. The fraction of sp³-hybridized carbons (Fsp3) is 0.222. The molecule has 0 atom stereocenters. The van der Waals surface area contributed by atoms with Gasteiger partial charge in [0.15, 0.2) is 0 Å². The number of furan rings is 1. The summed E-state index contributed by atoms with van der Waals surface area (Å²) in [5.74, 6) is -0.860. The fourth-order valence-electron chi connectivity index (χ4n) is 4.57. The molecule has 44 heavy (non-hydrogen) atoms. The molecule has 1 N–H and O–H groups in total. The van der Waals surface area contributed by atoms with Gasteiger partial charge < -0.3 is 25.1 Å². The van der Waals surface area contributed by atoms with Crippen LogP contribution in [0.4, 0.5) is 28.9 Å². The number of fused-ring (bicyclic) bond motifs is 1. The van der Waals surface area contributed by atoms with Gasteiger partial charge in [0.2, 0.25) is 10.0 Å². The summed E-state index contributed by atoms with van der Waals surface area (Å²) in [5, 5.41) is 17.7. The van der Waals surface area contributed by atoms with Crippen LogP contribution in [0.3, 0.4) is 0 Å². The van der Waals surface area contributed by atoms with E-state index in [4.69, 9.17) is 19.7 Å². The average Bonchev–Trinajstić information content (AvgIpc) is 3.68. The number of sulfonamides is 1. The van der Waals surface area contributed by atoms with Crippen molar-refractivity contribution in [3.05, 3.63) is 96.9 Å². The van der Waals surface area contributed by atoms with Gasteiger partial charge >= 0.3 is 35.7 Å². The van der Waals surface area contributed by atoms with E-state index in [0.717, 1.165) is 35.5 Å². The van der Waals surface area contributed by atoms with Gasteiger partial charge in [-0.3, -0.25) is 4.79 Å². The molecular formula is C27H21BrF4N3NaO7S. The Balaban J connectivity index is 0.000000998. The van der Waals surface area contributed by atoms with E-state index in [1.54, 1.807) is 6.07 Å². The largest absolute Gasteiger partial charge is 1.00 e. The number of halogens is 5. The van der Waals surface area contributed by atoms with Gasteiger partial charge in [0.25, 0.3) is 5.91 Å². The van der Waals surface area contributed by atoms with Crippen LogP contribution < -0.4 is 39.2 Å².